The molecule has 1 N–H and O–H groups in total. The van der Waals surface area contributed by atoms with Crippen molar-refractivity contribution in [1.29, 1.82) is 0 Å². The predicted octanol–water partition coefficient (Wildman–Crippen LogP) is 3.97. The van der Waals surface area contributed by atoms with E-state index in [-0.39, 0.29) is 27.8 Å². The lowest BCUT2D eigenvalue weighted by atomic mass is 10.2. The summed E-state index contributed by atoms with van der Waals surface area (Å²) in [4.78, 5) is 12.4. The second-order valence-corrected chi connectivity index (χ2v) is 9.09. The Morgan fingerprint density at radius 3 is 2.32 bits per heavy atom. The molecule has 1 amide bonds. The van der Waals surface area contributed by atoms with E-state index in [1.54, 1.807) is 12.1 Å². The minimum absolute atomic E-state index is 0.0505. The molecule has 0 bridgehead atoms. The van der Waals surface area contributed by atoms with Gasteiger partial charge in [0.2, 0.25) is 10.0 Å². The summed E-state index contributed by atoms with van der Waals surface area (Å²) in [6.45, 7) is 1.12. The van der Waals surface area contributed by atoms with E-state index in [9.17, 15) is 17.6 Å². The molecule has 0 aromatic heterocycles. The van der Waals surface area contributed by atoms with E-state index in [1.807, 2.05) is 0 Å². The first-order valence-electron chi connectivity index (χ1n) is 9.20. The Morgan fingerprint density at radius 2 is 1.68 bits per heavy atom. The van der Waals surface area contributed by atoms with Crippen LogP contribution < -0.4 is 5.32 Å². The van der Waals surface area contributed by atoms with E-state index in [1.165, 1.54) is 34.6 Å². The maximum Gasteiger partial charge on any atom is 0.251 e. The lowest BCUT2D eigenvalue weighted by Gasteiger charge is -2.21. The van der Waals surface area contributed by atoms with Crippen molar-refractivity contribution in [3.05, 3.63) is 64.4 Å². The first-order valence-corrected chi connectivity index (χ1v) is 11.0. The minimum atomic E-state index is -3.76. The molecule has 2 aromatic carbocycles. The van der Waals surface area contributed by atoms with Gasteiger partial charge in [-0.25, -0.2) is 12.8 Å². The summed E-state index contributed by atoms with van der Waals surface area (Å²) in [6.07, 6.45) is 3.64. The smallest absolute Gasteiger partial charge is 0.251 e. The van der Waals surface area contributed by atoms with Gasteiger partial charge in [-0.1, -0.05) is 36.6 Å². The molecule has 0 spiro atoms. The molecule has 0 aliphatic carbocycles. The Labute approximate surface area is 169 Å². The van der Waals surface area contributed by atoms with E-state index < -0.39 is 15.9 Å². The molecule has 0 unspecified atom stereocenters. The van der Waals surface area contributed by atoms with Crippen LogP contribution in [0, 0.1) is 5.82 Å². The fourth-order valence-corrected chi connectivity index (χ4v) is 5.17. The minimum Gasteiger partial charge on any atom is -0.348 e. The van der Waals surface area contributed by atoms with Gasteiger partial charge in [0.1, 0.15) is 10.7 Å². The fourth-order valence-electron chi connectivity index (χ4n) is 3.15. The summed E-state index contributed by atoms with van der Waals surface area (Å²) in [5, 5.41) is 2.81. The number of sulfonamides is 1. The summed E-state index contributed by atoms with van der Waals surface area (Å²) >= 11 is 6.16. The third-order valence-electron chi connectivity index (χ3n) is 4.74. The number of benzene rings is 2. The van der Waals surface area contributed by atoms with Gasteiger partial charge in [-0.3, -0.25) is 4.79 Å². The van der Waals surface area contributed by atoms with Crippen LogP contribution in [0.25, 0.3) is 0 Å². The van der Waals surface area contributed by atoms with Crippen molar-refractivity contribution in [2.75, 3.05) is 13.1 Å². The molecule has 0 radical (unpaired) electrons. The molecule has 2 aromatic rings. The highest BCUT2D eigenvalue weighted by Gasteiger charge is 2.28. The van der Waals surface area contributed by atoms with Gasteiger partial charge in [0, 0.05) is 25.2 Å². The van der Waals surface area contributed by atoms with E-state index in [0.717, 1.165) is 31.2 Å². The number of rotatable bonds is 5. The molecule has 1 aliphatic rings. The lowest BCUT2D eigenvalue weighted by Crippen LogP contribution is -2.32. The van der Waals surface area contributed by atoms with Crippen LogP contribution in [0.2, 0.25) is 5.02 Å². The molecule has 1 aliphatic heterocycles. The van der Waals surface area contributed by atoms with E-state index in [0.29, 0.717) is 13.1 Å². The molecule has 3 rings (SSSR count). The van der Waals surface area contributed by atoms with E-state index in [4.69, 9.17) is 11.6 Å². The highest BCUT2D eigenvalue weighted by Crippen LogP contribution is 2.27. The highest BCUT2D eigenvalue weighted by atomic mass is 35.5. The Hall–Kier alpha value is -1.96. The van der Waals surface area contributed by atoms with Crippen LogP contribution in [-0.4, -0.2) is 31.7 Å². The van der Waals surface area contributed by atoms with Crippen LogP contribution in [-0.2, 0) is 16.6 Å². The third-order valence-corrected chi connectivity index (χ3v) is 7.12. The number of halogens is 2. The maximum atomic E-state index is 13.0. The van der Waals surface area contributed by atoms with E-state index >= 15 is 0 Å². The zero-order valence-corrected chi connectivity index (χ0v) is 16.9. The summed E-state index contributed by atoms with van der Waals surface area (Å²) in [5.41, 5.74) is 0.945. The molecule has 8 heteroatoms. The number of amides is 1. The monoisotopic (exact) mass is 424 g/mol. The number of nitrogens with zero attached hydrogens (tertiary/aromatic N) is 1. The Bertz CT molecular complexity index is 940. The normalized spacial score (nSPS) is 15.8. The van der Waals surface area contributed by atoms with Gasteiger partial charge in [0.25, 0.3) is 5.91 Å². The third kappa shape index (κ3) is 4.90. The van der Waals surface area contributed by atoms with Crippen LogP contribution in [0.5, 0.6) is 0 Å². The van der Waals surface area contributed by atoms with Gasteiger partial charge in [-0.05, 0) is 48.7 Å². The molecular weight excluding hydrogens is 403 g/mol. The van der Waals surface area contributed by atoms with Crippen LogP contribution >= 0.6 is 11.6 Å². The molecular formula is C20H22ClFN2O3S. The molecule has 1 saturated heterocycles. The Kier molecular flexibility index (Phi) is 6.69. The average molecular weight is 425 g/mol. The average Bonchev–Trinajstić information content (AvgIpc) is 2.97. The van der Waals surface area contributed by atoms with Gasteiger partial charge in [-0.2, -0.15) is 4.31 Å². The number of hydrogen-bond donors (Lipinski definition) is 1. The van der Waals surface area contributed by atoms with Crippen molar-refractivity contribution in [3.63, 3.8) is 0 Å². The van der Waals surface area contributed by atoms with Crippen LogP contribution in [0.15, 0.2) is 47.4 Å². The summed E-state index contributed by atoms with van der Waals surface area (Å²) in [7, 11) is -3.76. The second kappa shape index (κ2) is 9.03. The number of carbonyl (C=O) groups excluding carboxylic acids is 1. The maximum absolute atomic E-state index is 13.0. The predicted molar refractivity (Wildman–Crippen MR) is 106 cm³/mol. The van der Waals surface area contributed by atoms with Crippen LogP contribution in [0.4, 0.5) is 4.39 Å². The Balaban J connectivity index is 1.78. The second-order valence-electron chi connectivity index (χ2n) is 6.77. The molecule has 150 valence electrons. The van der Waals surface area contributed by atoms with Crippen molar-refractivity contribution in [3.8, 4) is 0 Å². The van der Waals surface area contributed by atoms with Crippen molar-refractivity contribution in [2.45, 2.75) is 37.1 Å². The van der Waals surface area contributed by atoms with Crippen molar-refractivity contribution in [1.82, 2.24) is 9.62 Å². The van der Waals surface area contributed by atoms with Gasteiger partial charge in [-0.15, -0.1) is 0 Å². The van der Waals surface area contributed by atoms with E-state index in [2.05, 4.69) is 5.32 Å². The molecule has 0 atom stereocenters. The zero-order valence-electron chi connectivity index (χ0n) is 15.3. The molecule has 28 heavy (non-hydrogen) atoms. The van der Waals surface area contributed by atoms with Crippen molar-refractivity contribution in [2.24, 2.45) is 0 Å². The number of carbonyl (C=O) groups is 1. The zero-order chi connectivity index (χ0) is 20.1. The summed E-state index contributed by atoms with van der Waals surface area (Å²) in [6, 6.07) is 10.0. The number of nitrogens with one attached hydrogen (secondary N) is 1. The largest absolute Gasteiger partial charge is 0.348 e. The highest BCUT2D eigenvalue weighted by molar-refractivity contribution is 7.89. The van der Waals surface area contributed by atoms with Gasteiger partial charge >= 0.3 is 0 Å². The Morgan fingerprint density at radius 1 is 1.04 bits per heavy atom. The first kappa shape index (κ1) is 20.8. The number of hydrogen-bond acceptors (Lipinski definition) is 3. The van der Waals surface area contributed by atoms with Gasteiger partial charge in [0.05, 0.1) is 5.02 Å². The lowest BCUT2D eigenvalue weighted by molar-refractivity contribution is 0.0950. The summed E-state index contributed by atoms with van der Waals surface area (Å²) < 4.78 is 40.5. The fraction of sp³-hybridized carbons (Fsp3) is 0.350. The quantitative estimate of drug-likeness (QED) is 0.789. The van der Waals surface area contributed by atoms with Crippen LogP contribution in [0.1, 0.15) is 41.6 Å². The molecule has 1 fully saturated rings. The SMILES string of the molecule is O=C(NCc1ccc(F)cc1)c1ccc(Cl)c(S(=O)(=O)N2CCCCCC2)c1. The van der Waals surface area contributed by atoms with Gasteiger partial charge < -0.3 is 5.32 Å². The summed E-state index contributed by atoms with van der Waals surface area (Å²) in [5.74, 6) is -0.774. The molecule has 1 heterocycles. The van der Waals surface area contributed by atoms with Crippen LogP contribution in [0.3, 0.4) is 0 Å². The molecule has 5 nitrogen and oxygen atoms in total. The van der Waals surface area contributed by atoms with Crippen molar-refractivity contribution < 1.29 is 17.6 Å². The standard InChI is InChI=1S/C20H22ClFN2O3S/c21-18-10-7-16(20(25)23-14-15-5-8-17(22)9-6-15)13-19(18)28(26,27)24-11-3-1-2-4-12-24/h5-10,13H,1-4,11-12,14H2,(H,23,25). The molecule has 0 saturated carbocycles. The topological polar surface area (TPSA) is 66.5 Å². The van der Waals surface area contributed by atoms with Crippen molar-refractivity contribution >= 4 is 27.5 Å². The first-order chi connectivity index (χ1) is 13.4. The van der Waals surface area contributed by atoms with Gasteiger partial charge in [0.15, 0.2) is 0 Å².